The molecule has 1 aromatic carbocycles. The Balaban J connectivity index is 2.61. The SMILES string of the molecule is CCCCc1nn(-c2c(Cl)cc(Cl)cc2Cl)c(N)c1C#N. The van der Waals surface area contributed by atoms with Crippen LogP contribution in [0, 0.1) is 11.3 Å². The van der Waals surface area contributed by atoms with Crippen molar-refractivity contribution in [3.63, 3.8) is 0 Å². The summed E-state index contributed by atoms with van der Waals surface area (Å²) in [6.07, 6.45) is 2.60. The molecule has 0 spiro atoms. The minimum absolute atomic E-state index is 0.231. The molecule has 1 heterocycles. The number of hydrogen-bond donors (Lipinski definition) is 1. The molecule has 21 heavy (non-hydrogen) atoms. The van der Waals surface area contributed by atoms with Crippen molar-refractivity contribution in [2.75, 3.05) is 5.73 Å². The highest BCUT2D eigenvalue weighted by Crippen LogP contribution is 2.34. The van der Waals surface area contributed by atoms with E-state index in [0.717, 1.165) is 12.8 Å². The molecule has 110 valence electrons. The summed E-state index contributed by atoms with van der Waals surface area (Å²) in [5, 5.41) is 14.7. The third-order valence-electron chi connectivity index (χ3n) is 3.07. The largest absolute Gasteiger partial charge is 0.382 e. The Morgan fingerprint density at radius 1 is 1.29 bits per heavy atom. The second kappa shape index (κ2) is 6.57. The summed E-state index contributed by atoms with van der Waals surface area (Å²) in [4.78, 5) is 0. The first-order chi connectivity index (χ1) is 9.99. The molecule has 1 aromatic heterocycles. The summed E-state index contributed by atoms with van der Waals surface area (Å²) < 4.78 is 1.41. The van der Waals surface area contributed by atoms with E-state index in [4.69, 9.17) is 40.5 Å². The molecule has 0 bridgehead atoms. The standard InChI is InChI=1S/C14H13Cl3N4/c1-2-3-4-12-9(7-18)14(19)21(20-12)13-10(16)5-8(15)6-11(13)17/h5-6H,2-4,19H2,1H3. The van der Waals surface area contributed by atoms with Crippen LogP contribution in [0.2, 0.25) is 15.1 Å². The smallest absolute Gasteiger partial charge is 0.145 e. The summed E-state index contributed by atoms with van der Waals surface area (Å²) in [6, 6.07) is 5.21. The molecule has 0 amide bonds. The lowest BCUT2D eigenvalue weighted by Crippen LogP contribution is -2.04. The first-order valence-corrected chi connectivity index (χ1v) is 7.55. The van der Waals surface area contributed by atoms with Gasteiger partial charge in [-0.3, -0.25) is 0 Å². The van der Waals surface area contributed by atoms with E-state index in [9.17, 15) is 5.26 Å². The van der Waals surface area contributed by atoms with E-state index in [1.54, 1.807) is 12.1 Å². The Labute approximate surface area is 138 Å². The van der Waals surface area contributed by atoms with Gasteiger partial charge in [-0.05, 0) is 25.0 Å². The van der Waals surface area contributed by atoms with Gasteiger partial charge >= 0.3 is 0 Å². The molecular weight excluding hydrogens is 331 g/mol. The van der Waals surface area contributed by atoms with Crippen LogP contribution in [0.4, 0.5) is 5.82 Å². The van der Waals surface area contributed by atoms with Crippen LogP contribution in [-0.4, -0.2) is 9.78 Å². The summed E-state index contributed by atoms with van der Waals surface area (Å²) in [5.74, 6) is 0.231. The zero-order valence-electron chi connectivity index (χ0n) is 11.3. The van der Waals surface area contributed by atoms with Gasteiger partial charge in [-0.15, -0.1) is 0 Å². The summed E-state index contributed by atoms with van der Waals surface area (Å²) >= 11 is 18.3. The lowest BCUT2D eigenvalue weighted by Gasteiger charge is -2.09. The number of unbranched alkanes of at least 4 members (excludes halogenated alkanes) is 1. The van der Waals surface area contributed by atoms with Gasteiger partial charge in [0.05, 0.1) is 15.7 Å². The van der Waals surface area contributed by atoms with Crippen molar-refractivity contribution in [3.8, 4) is 11.8 Å². The number of anilines is 1. The van der Waals surface area contributed by atoms with Gasteiger partial charge in [-0.25, -0.2) is 4.68 Å². The van der Waals surface area contributed by atoms with Crippen LogP contribution >= 0.6 is 34.8 Å². The van der Waals surface area contributed by atoms with Gasteiger partial charge in [0.2, 0.25) is 0 Å². The fraction of sp³-hybridized carbons (Fsp3) is 0.286. The minimum atomic E-state index is 0.231. The molecule has 0 saturated heterocycles. The Morgan fingerprint density at radius 3 is 2.43 bits per heavy atom. The third kappa shape index (κ3) is 3.11. The molecule has 0 aliphatic carbocycles. The molecule has 0 unspecified atom stereocenters. The molecule has 0 atom stereocenters. The molecule has 0 fully saturated rings. The van der Waals surface area contributed by atoms with Gasteiger partial charge in [0.15, 0.2) is 0 Å². The number of hydrogen-bond acceptors (Lipinski definition) is 3. The third-order valence-corrected chi connectivity index (χ3v) is 3.86. The number of nitrogen functional groups attached to an aromatic ring is 1. The molecule has 4 nitrogen and oxygen atoms in total. The number of nitriles is 1. The Morgan fingerprint density at radius 2 is 1.90 bits per heavy atom. The van der Waals surface area contributed by atoms with E-state index in [2.05, 4.69) is 18.1 Å². The number of nitrogens with zero attached hydrogens (tertiary/aromatic N) is 3. The number of nitrogens with two attached hydrogens (primary N) is 1. The van der Waals surface area contributed by atoms with Gasteiger partial charge in [-0.2, -0.15) is 10.4 Å². The lowest BCUT2D eigenvalue weighted by molar-refractivity contribution is 0.753. The monoisotopic (exact) mass is 342 g/mol. The molecule has 2 N–H and O–H groups in total. The lowest BCUT2D eigenvalue weighted by atomic mass is 10.1. The number of aromatic nitrogens is 2. The maximum absolute atomic E-state index is 9.27. The number of aryl methyl sites for hydroxylation is 1. The predicted octanol–water partition coefficient (Wildman–Crippen LogP) is 4.63. The minimum Gasteiger partial charge on any atom is -0.382 e. The molecule has 2 aromatic rings. The van der Waals surface area contributed by atoms with E-state index < -0.39 is 0 Å². The van der Waals surface area contributed by atoms with Crippen LogP contribution in [0.5, 0.6) is 0 Å². The van der Waals surface area contributed by atoms with Crippen molar-refractivity contribution >= 4 is 40.6 Å². The zero-order valence-corrected chi connectivity index (χ0v) is 13.6. The highest BCUT2D eigenvalue weighted by molar-refractivity contribution is 6.40. The van der Waals surface area contributed by atoms with E-state index >= 15 is 0 Å². The predicted molar refractivity (Wildman–Crippen MR) is 86.3 cm³/mol. The van der Waals surface area contributed by atoms with E-state index in [0.29, 0.717) is 38.4 Å². The fourth-order valence-electron chi connectivity index (χ4n) is 2.03. The molecule has 7 heteroatoms. The van der Waals surface area contributed by atoms with Crippen molar-refractivity contribution in [2.45, 2.75) is 26.2 Å². The number of rotatable bonds is 4. The molecular formula is C14H13Cl3N4. The first kappa shape index (κ1) is 16.0. The van der Waals surface area contributed by atoms with Crippen molar-refractivity contribution in [3.05, 3.63) is 38.5 Å². The number of benzene rings is 1. The van der Waals surface area contributed by atoms with Gasteiger partial charge in [0, 0.05) is 5.02 Å². The highest BCUT2D eigenvalue weighted by Gasteiger charge is 2.20. The van der Waals surface area contributed by atoms with Gasteiger partial charge in [0.25, 0.3) is 0 Å². The summed E-state index contributed by atoms with van der Waals surface area (Å²) in [6.45, 7) is 2.07. The first-order valence-electron chi connectivity index (χ1n) is 6.42. The quantitative estimate of drug-likeness (QED) is 0.880. The maximum Gasteiger partial charge on any atom is 0.145 e. The molecule has 0 aliphatic heterocycles. The maximum atomic E-state index is 9.27. The van der Waals surface area contributed by atoms with Crippen molar-refractivity contribution < 1.29 is 0 Å². The van der Waals surface area contributed by atoms with E-state index in [1.807, 2.05) is 0 Å². The van der Waals surface area contributed by atoms with E-state index in [-0.39, 0.29) is 5.82 Å². The second-order valence-corrected chi connectivity index (χ2v) is 5.80. The van der Waals surface area contributed by atoms with Crippen molar-refractivity contribution in [1.82, 2.24) is 9.78 Å². The molecule has 0 saturated carbocycles. The average molecular weight is 344 g/mol. The molecule has 0 radical (unpaired) electrons. The highest BCUT2D eigenvalue weighted by atomic mass is 35.5. The van der Waals surface area contributed by atoms with Crippen LogP contribution in [0.15, 0.2) is 12.1 Å². The normalized spacial score (nSPS) is 10.6. The van der Waals surface area contributed by atoms with E-state index in [1.165, 1.54) is 4.68 Å². The van der Waals surface area contributed by atoms with Crippen LogP contribution in [0.3, 0.4) is 0 Å². The zero-order chi connectivity index (χ0) is 15.6. The van der Waals surface area contributed by atoms with Crippen LogP contribution < -0.4 is 5.73 Å². The second-order valence-electron chi connectivity index (χ2n) is 4.55. The van der Waals surface area contributed by atoms with Crippen LogP contribution in [0.1, 0.15) is 31.0 Å². The number of halogens is 3. The topological polar surface area (TPSA) is 67.6 Å². The van der Waals surface area contributed by atoms with Crippen LogP contribution in [0.25, 0.3) is 5.69 Å². The summed E-state index contributed by atoms with van der Waals surface area (Å²) in [5.41, 5.74) is 7.47. The van der Waals surface area contributed by atoms with Gasteiger partial charge in [0.1, 0.15) is 23.1 Å². The van der Waals surface area contributed by atoms with Crippen molar-refractivity contribution in [2.24, 2.45) is 0 Å². The van der Waals surface area contributed by atoms with Gasteiger partial charge < -0.3 is 5.73 Å². The Hall–Kier alpha value is -1.41. The molecule has 2 rings (SSSR count). The molecule has 0 aliphatic rings. The van der Waals surface area contributed by atoms with Crippen LogP contribution in [-0.2, 0) is 6.42 Å². The summed E-state index contributed by atoms with van der Waals surface area (Å²) in [7, 11) is 0. The fourth-order valence-corrected chi connectivity index (χ4v) is 3.00. The van der Waals surface area contributed by atoms with Crippen molar-refractivity contribution in [1.29, 1.82) is 5.26 Å². The van der Waals surface area contributed by atoms with Gasteiger partial charge in [-0.1, -0.05) is 48.1 Å². The Bertz CT molecular complexity index is 693. The average Bonchev–Trinajstić information content (AvgIpc) is 2.72. The Kier molecular flexibility index (Phi) is 5.00.